The molecule has 1 fully saturated rings. The van der Waals surface area contributed by atoms with E-state index in [1.165, 1.54) is 0 Å². The van der Waals surface area contributed by atoms with Gasteiger partial charge in [0.15, 0.2) is 6.61 Å². The number of likely N-dealkylation sites (tertiary alicyclic amines) is 1. The summed E-state index contributed by atoms with van der Waals surface area (Å²) in [6.07, 6.45) is 3.12. The third-order valence-corrected chi connectivity index (χ3v) is 5.15. The minimum absolute atomic E-state index is 0.129. The van der Waals surface area contributed by atoms with Crippen molar-refractivity contribution in [2.45, 2.75) is 51.8 Å². The molecule has 3 rings (SSSR count). The zero-order valence-corrected chi connectivity index (χ0v) is 16.5. The Balaban J connectivity index is 1.49. The lowest BCUT2D eigenvalue weighted by atomic mass is 9.97. The van der Waals surface area contributed by atoms with Crippen molar-refractivity contribution in [2.24, 2.45) is 0 Å². The van der Waals surface area contributed by atoms with Gasteiger partial charge in [0.25, 0.3) is 5.91 Å². The van der Waals surface area contributed by atoms with Gasteiger partial charge in [0.05, 0.1) is 5.56 Å². The topological polar surface area (TPSA) is 55.8 Å². The summed E-state index contributed by atoms with van der Waals surface area (Å²) in [6.45, 7) is 4.33. The lowest BCUT2D eigenvalue weighted by molar-refractivity contribution is -0.140. The van der Waals surface area contributed by atoms with Crippen molar-refractivity contribution in [2.75, 3.05) is 6.61 Å². The van der Waals surface area contributed by atoms with Gasteiger partial charge in [-0.2, -0.15) is 0 Å². The molecule has 148 valence electrons. The molecule has 0 aliphatic carbocycles. The molecule has 28 heavy (non-hydrogen) atoms. The molecular formula is C23H27NO4. The van der Waals surface area contributed by atoms with E-state index >= 15 is 0 Å². The molecule has 2 aromatic carbocycles. The van der Waals surface area contributed by atoms with Crippen LogP contribution in [0, 0.1) is 0 Å². The highest BCUT2D eigenvalue weighted by atomic mass is 16.5. The second-order valence-electron chi connectivity index (χ2n) is 7.30. The van der Waals surface area contributed by atoms with Crippen LogP contribution in [-0.4, -0.2) is 35.5 Å². The van der Waals surface area contributed by atoms with Crippen LogP contribution in [0.25, 0.3) is 0 Å². The van der Waals surface area contributed by atoms with Gasteiger partial charge >= 0.3 is 5.97 Å². The fourth-order valence-electron chi connectivity index (χ4n) is 3.63. The first-order chi connectivity index (χ1) is 13.5. The van der Waals surface area contributed by atoms with Gasteiger partial charge in [-0.15, -0.1) is 0 Å². The number of nitrogens with zero attached hydrogens (tertiary/aromatic N) is 1. The zero-order chi connectivity index (χ0) is 19.9. The van der Waals surface area contributed by atoms with Crippen molar-refractivity contribution in [1.82, 2.24) is 4.90 Å². The third-order valence-electron chi connectivity index (χ3n) is 5.15. The third kappa shape index (κ3) is 5.12. The summed E-state index contributed by atoms with van der Waals surface area (Å²) in [6, 6.07) is 17.0. The van der Waals surface area contributed by atoms with Crippen molar-refractivity contribution in [3.63, 3.8) is 0 Å². The second-order valence-corrected chi connectivity index (χ2v) is 7.30. The normalized spacial score (nSPS) is 19.1. The Labute approximate surface area is 166 Å². The number of amides is 1. The molecule has 2 aromatic rings. The van der Waals surface area contributed by atoms with Gasteiger partial charge in [-0.1, -0.05) is 30.3 Å². The van der Waals surface area contributed by atoms with Crippen LogP contribution >= 0.6 is 0 Å². The average molecular weight is 381 g/mol. The monoisotopic (exact) mass is 381 g/mol. The maximum Gasteiger partial charge on any atom is 0.338 e. The molecule has 5 nitrogen and oxygen atoms in total. The highest BCUT2D eigenvalue weighted by Gasteiger charge is 2.29. The molecule has 1 saturated heterocycles. The van der Waals surface area contributed by atoms with E-state index < -0.39 is 5.97 Å². The first-order valence-electron chi connectivity index (χ1n) is 9.79. The average Bonchev–Trinajstić information content (AvgIpc) is 2.71. The SMILES string of the molecule is C[C@@H]1CCC[C@@H](C)N1C(=O)COC(=O)c1ccc(OCc2ccccc2)cc1. The Bertz CT molecular complexity index is 778. The molecule has 0 radical (unpaired) electrons. The molecule has 0 N–H and O–H groups in total. The Hall–Kier alpha value is -2.82. The molecule has 0 unspecified atom stereocenters. The van der Waals surface area contributed by atoms with E-state index in [-0.39, 0.29) is 24.6 Å². The van der Waals surface area contributed by atoms with E-state index in [4.69, 9.17) is 9.47 Å². The van der Waals surface area contributed by atoms with Crippen molar-refractivity contribution in [1.29, 1.82) is 0 Å². The minimum Gasteiger partial charge on any atom is -0.489 e. The number of hydrogen-bond donors (Lipinski definition) is 0. The van der Waals surface area contributed by atoms with Gasteiger partial charge in [-0.25, -0.2) is 4.79 Å². The smallest absolute Gasteiger partial charge is 0.338 e. The molecule has 0 aromatic heterocycles. The van der Waals surface area contributed by atoms with Crippen LogP contribution in [0.5, 0.6) is 5.75 Å². The standard InChI is InChI=1S/C23H27NO4/c1-17-7-6-8-18(2)24(17)22(25)16-28-23(26)20-11-13-21(14-12-20)27-15-19-9-4-3-5-10-19/h3-5,9-14,17-18H,6-8,15-16H2,1-2H3/t17-,18-/m1/s1. The number of rotatable bonds is 6. The van der Waals surface area contributed by atoms with Gasteiger partial charge in [0.2, 0.25) is 0 Å². The fourth-order valence-corrected chi connectivity index (χ4v) is 3.63. The first-order valence-corrected chi connectivity index (χ1v) is 9.79. The van der Waals surface area contributed by atoms with Crippen LogP contribution in [0.1, 0.15) is 49.0 Å². The number of ether oxygens (including phenoxy) is 2. The van der Waals surface area contributed by atoms with Gasteiger partial charge < -0.3 is 14.4 Å². The molecule has 1 aliphatic rings. The Kier molecular flexibility index (Phi) is 6.69. The van der Waals surface area contributed by atoms with E-state index in [1.807, 2.05) is 49.1 Å². The van der Waals surface area contributed by atoms with Gasteiger partial charge in [-0.05, 0) is 62.9 Å². The van der Waals surface area contributed by atoms with Crippen LogP contribution < -0.4 is 4.74 Å². The van der Waals surface area contributed by atoms with Crippen LogP contribution in [0.4, 0.5) is 0 Å². The summed E-state index contributed by atoms with van der Waals surface area (Å²) >= 11 is 0. The van der Waals surface area contributed by atoms with Crippen molar-refractivity contribution >= 4 is 11.9 Å². The fraction of sp³-hybridized carbons (Fsp3) is 0.391. The lowest BCUT2D eigenvalue weighted by Gasteiger charge is -2.38. The number of esters is 1. The summed E-state index contributed by atoms with van der Waals surface area (Å²) < 4.78 is 11.0. The zero-order valence-electron chi connectivity index (χ0n) is 16.5. The van der Waals surface area contributed by atoms with Crippen LogP contribution in [0.3, 0.4) is 0 Å². The molecule has 0 saturated carbocycles. The van der Waals surface area contributed by atoms with Crippen LogP contribution in [0.2, 0.25) is 0 Å². The van der Waals surface area contributed by atoms with E-state index in [1.54, 1.807) is 24.3 Å². The molecule has 1 heterocycles. The molecule has 1 aliphatic heterocycles. The molecular weight excluding hydrogens is 354 g/mol. The Morgan fingerprint density at radius 3 is 2.25 bits per heavy atom. The molecule has 5 heteroatoms. The number of carbonyl (C=O) groups excluding carboxylic acids is 2. The van der Waals surface area contributed by atoms with Gasteiger partial charge in [0, 0.05) is 12.1 Å². The van der Waals surface area contributed by atoms with Crippen LogP contribution in [0.15, 0.2) is 54.6 Å². The van der Waals surface area contributed by atoms with E-state index in [9.17, 15) is 9.59 Å². The molecule has 1 amide bonds. The number of hydrogen-bond acceptors (Lipinski definition) is 4. The minimum atomic E-state index is -0.500. The maximum absolute atomic E-state index is 12.5. The number of piperidine rings is 1. The van der Waals surface area contributed by atoms with Crippen molar-refractivity contribution < 1.29 is 19.1 Å². The number of carbonyl (C=O) groups is 2. The summed E-state index contributed by atoms with van der Waals surface area (Å²) in [7, 11) is 0. The largest absolute Gasteiger partial charge is 0.489 e. The van der Waals surface area contributed by atoms with Gasteiger partial charge in [0.1, 0.15) is 12.4 Å². The van der Waals surface area contributed by atoms with Crippen LogP contribution in [-0.2, 0) is 16.1 Å². The second kappa shape index (κ2) is 9.40. The summed E-state index contributed by atoms with van der Waals surface area (Å²) in [5, 5.41) is 0. The highest BCUT2D eigenvalue weighted by molar-refractivity contribution is 5.91. The highest BCUT2D eigenvalue weighted by Crippen LogP contribution is 2.22. The summed E-state index contributed by atoms with van der Waals surface area (Å²) in [5.41, 5.74) is 1.48. The lowest BCUT2D eigenvalue weighted by Crippen LogP contribution is -2.49. The summed E-state index contributed by atoms with van der Waals surface area (Å²) in [5.74, 6) is 0.0450. The summed E-state index contributed by atoms with van der Waals surface area (Å²) in [4.78, 5) is 26.6. The Morgan fingerprint density at radius 2 is 1.61 bits per heavy atom. The molecule has 0 bridgehead atoms. The number of benzene rings is 2. The van der Waals surface area contributed by atoms with E-state index in [0.717, 1.165) is 24.8 Å². The molecule has 0 spiro atoms. The van der Waals surface area contributed by atoms with Crippen molar-refractivity contribution in [3.8, 4) is 5.75 Å². The van der Waals surface area contributed by atoms with Gasteiger partial charge in [-0.3, -0.25) is 4.79 Å². The van der Waals surface area contributed by atoms with E-state index in [2.05, 4.69) is 0 Å². The van der Waals surface area contributed by atoms with E-state index in [0.29, 0.717) is 17.9 Å². The Morgan fingerprint density at radius 1 is 0.964 bits per heavy atom. The van der Waals surface area contributed by atoms with Crippen molar-refractivity contribution in [3.05, 3.63) is 65.7 Å². The quantitative estimate of drug-likeness (QED) is 0.704. The first kappa shape index (κ1) is 19.9. The molecule has 2 atom stereocenters. The predicted octanol–water partition coefficient (Wildman–Crippen LogP) is 4.21. The maximum atomic E-state index is 12.5. The predicted molar refractivity (Wildman–Crippen MR) is 107 cm³/mol.